The fourth-order valence-corrected chi connectivity index (χ4v) is 1.68. The van der Waals surface area contributed by atoms with Gasteiger partial charge in [0, 0.05) is 0 Å². The third-order valence-corrected chi connectivity index (χ3v) is 2.42. The van der Waals surface area contributed by atoms with Crippen LogP contribution in [0, 0.1) is 5.92 Å². The lowest BCUT2D eigenvalue weighted by atomic mass is 10.0. The highest BCUT2D eigenvalue weighted by molar-refractivity contribution is 9.10. The molecular weight excluding hydrogens is 230 g/mol. The van der Waals surface area contributed by atoms with Crippen molar-refractivity contribution in [3.8, 4) is 0 Å². The predicted molar refractivity (Wildman–Crippen MR) is 57.7 cm³/mol. The molecule has 1 aromatic rings. The van der Waals surface area contributed by atoms with Crippen molar-refractivity contribution < 1.29 is 4.42 Å². The van der Waals surface area contributed by atoms with Crippen molar-refractivity contribution >= 4 is 15.9 Å². The van der Waals surface area contributed by atoms with Crippen LogP contribution in [0.15, 0.2) is 21.2 Å². The fraction of sp³-hybridized carbons (Fsp3) is 0.600. The Morgan fingerprint density at radius 2 is 2.15 bits per heavy atom. The largest absolute Gasteiger partial charge is 0.453 e. The van der Waals surface area contributed by atoms with Crippen LogP contribution in [0.2, 0.25) is 0 Å². The molecule has 3 heteroatoms. The van der Waals surface area contributed by atoms with Crippen LogP contribution in [0.3, 0.4) is 0 Å². The number of halogens is 1. The Hall–Kier alpha value is -0.280. The van der Waals surface area contributed by atoms with Gasteiger partial charge >= 0.3 is 0 Å². The van der Waals surface area contributed by atoms with E-state index in [4.69, 9.17) is 4.42 Å². The Morgan fingerprint density at radius 1 is 1.46 bits per heavy atom. The van der Waals surface area contributed by atoms with Gasteiger partial charge in [0.05, 0.1) is 6.04 Å². The van der Waals surface area contributed by atoms with Gasteiger partial charge in [0.1, 0.15) is 5.76 Å². The molecule has 74 valence electrons. The first-order chi connectivity index (χ1) is 6.13. The topological polar surface area (TPSA) is 25.2 Å². The molecule has 0 fully saturated rings. The van der Waals surface area contributed by atoms with Gasteiger partial charge in [-0.25, -0.2) is 0 Å². The monoisotopic (exact) mass is 245 g/mol. The third kappa shape index (κ3) is 3.16. The van der Waals surface area contributed by atoms with Crippen LogP contribution in [0.25, 0.3) is 0 Å². The number of hydrogen-bond donors (Lipinski definition) is 1. The van der Waals surface area contributed by atoms with Crippen molar-refractivity contribution in [2.45, 2.75) is 26.3 Å². The summed E-state index contributed by atoms with van der Waals surface area (Å²) in [5, 5.41) is 3.25. The van der Waals surface area contributed by atoms with Gasteiger partial charge < -0.3 is 9.73 Å². The Balaban J connectivity index is 2.66. The second-order valence-corrected chi connectivity index (χ2v) is 4.39. The van der Waals surface area contributed by atoms with Crippen molar-refractivity contribution in [2.24, 2.45) is 5.92 Å². The highest BCUT2D eigenvalue weighted by atomic mass is 79.9. The summed E-state index contributed by atoms with van der Waals surface area (Å²) in [6, 6.07) is 4.26. The van der Waals surface area contributed by atoms with Gasteiger partial charge in [0.2, 0.25) is 0 Å². The predicted octanol–water partition coefficient (Wildman–Crippen LogP) is 3.35. The zero-order chi connectivity index (χ0) is 9.84. The van der Waals surface area contributed by atoms with E-state index >= 15 is 0 Å². The molecule has 1 N–H and O–H groups in total. The maximum atomic E-state index is 5.49. The minimum atomic E-state index is 0.325. The molecule has 1 aromatic heterocycles. The van der Waals surface area contributed by atoms with E-state index in [1.165, 1.54) is 0 Å². The lowest BCUT2D eigenvalue weighted by Gasteiger charge is -2.15. The van der Waals surface area contributed by atoms with Gasteiger partial charge in [-0.3, -0.25) is 0 Å². The number of nitrogens with one attached hydrogen (secondary N) is 1. The standard InChI is InChI=1S/C10H16BrNO/c1-7(2)6-8(12-3)9-4-5-10(11)13-9/h4-5,7-8,12H,6H2,1-3H3. The highest BCUT2D eigenvalue weighted by Gasteiger charge is 2.14. The molecule has 1 unspecified atom stereocenters. The molecule has 0 aliphatic rings. The smallest absolute Gasteiger partial charge is 0.169 e. The summed E-state index contributed by atoms with van der Waals surface area (Å²) in [4.78, 5) is 0. The fourth-order valence-electron chi connectivity index (χ4n) is 1.36. The van der Waals surface area contributed by atoms with Crippen LogP contribution in [-0.4, -0.2) is 7.05 Å². The van der Waals surface area contributed by atoms with Crippen LogP contribution >= 0.6 is 15.9 Å². The minimum absolute atomic E-state index is 0.325. The molecule has 1 rings (SSSR count). The second kappa shape index (κ2) is 4.82. The van der Waals surface area contributed by atoms with E-state index in [1.54, 1.807) is 0 Å². The maximum Gasteiger partial charge on any atom is 0.169 e. The molecule has 0 spiro atoms. The van der Waals surface area contributed by atoms with Crippen LogP contribution in [-0.2, 0) is 0 Å². The summed E-state index contributed by atoms with van der Waals surface area (Å²) in [6.45, 7) is 4.42. The van der Waals surface area contributed by atoms with E-state index in [2.05, 4.69) is 35.1 Å². The molecule has 0 bridgehead atoms. The molecule has 0 saturated carbocycles. The van der Waals surface area contributed by atoms with E-state index in [0.29, 0.717) is 12.0 Å². The quantitative estimate of drug-likeness (QED) is 0.881. The molecule has 0 aliphatic carbocycles. The molecule has 13 heavy (non-hydrogen) atoms. The van der Waals surface area contributed by atoms with Crippen LogP contribution in [0.1, 0.15) is 32.1 Å². The van der Waals surface area contributed by atoms with E-state index < -0.39 is 0 Å². The molecule has 1 atom stereocenters. The summed E-state index contributed by atoms with van der Waals surface area (Å²) in [6.07, 6.45) is 1.09. The molecule has 2 nitrogen and oxygen atoms in total. The van der Waals surface area contributed by atoms with Crippen molar-refractivity contribution in [3.05, 3.63) is 22.6 Å². The third-order valence-electron chi connectivity index (χ3n) is 1.99. The molecule has 0 amide bonds. The Labute approximate surface area is 87.8 Å². The average molecular weight is 246 g/mol. The van der Waals surface area contributed by atoms with E-state index in [0.717, 1.165) is 16.9 Å². The molecule has 0 saturated heterocycles. The molecule has 0 aliphatic heterocycles. The number of hydrogen-bond acceptors (Lipinski definition) is 2. The maximum absolute atomic E-state index is 5.49. The second-order valence-electron chi connectivity index (χ2n) is 3.61. The first-order valence-electron chi connectivity index (χ1n) is 4.56. The summed E-state index contributed by atoms with van der Waals surface area (Å²) < 4.78 is 6.29. The van der Waals surface area contributed by atoms with E-state index in [1.807, 2.05) is 19.2 Å². The van der Waals surface area contributed by atoms with Crippen LogP contribution in [0.5, 0.6) is 0 Å². The number of furan rings is 1. The van der Waals surface area contributed by atoms with Gasteiger partial charge in [-0.15, -0.1) is 0 Å². The van der Waals surface area contributed by atoms with Crippen molar-refractivity contribution in [1.82, 2.24) is 5.32 Å². The normalized spacial score (nSPS) is 13.6. The number of rotatable bonds is 4. The lowest BCUT2D eigenvalue weighted by molar-refractivity contribution is 0.371. The van der Waals surface area contributed by atoms with Crippen molar-refractivity contribution in [3.63, 3.8) is 0 Å². The molecule has 0 radical (unpaired) electrons. The van der Waals surface area contributed by atoms with E-state index in [9.17, 15) is 0 Å². The minimum Gasteiger partial charge on any atom is -0.453 e. The van der Waals surface area contributed by atoms with Crippen LogP contribution in [0.4, 0.5) is 0 Å². The lowest BCUT2D eigenvalue weighted by Crippen LogP contribution is -2.17. The van der Waals surface area contributed by atoms with Gasteiger partial charge in [0.25, 0.3) is 0 Å². The average Bonchev–Trinajstić information content (AvgIpc) is 2.47. The van der Waals surface area contributed by atoms with Gasteiger partial charge in [0.15, 0.2) is 4.67 Å². The Morgan fingerprint density at radius 3 is 2.54 bits per heavy atom. The van der Waals surface area contributed by atoms with Gasteiger partial charge in [-0.05, 0) is 47.4 Å². The van der Waals surface area contributed by atoms with Gasteiger partial charge in [-0.1, -0.05) is 13.8 Å². The van der Waals surface area contributed by atoms with Crippen molar-refractivity contribution in [2.75, 3.05) is 7.05 Å². The zero-order valence-electron chi connectivity index (χ0n) is 8.30. The molecule has 0 aromatic carbocycles. The van der Waals surface area contributed by atoms with Gasteiger partial charge in [-0.2, -0.15) is 0 Å². The first-order valence-corrected chi connectivity index (χ1v) is 5.35. The summed E-state index contributed by atoms with van der Waals surface area (Å²) in [5.41, 5.74) is 0. The summed E-state index contributed by atoms with van der Waals surface area (Å²) in [7, 11) is 1.96. The van der Waals surface area contributed by atoms with E-state index in [-0.39, 0.29) is 0 Å². The Bertz CT molecular complexity index is 257. The summed E-state index contributed by atoms with van der Waals surface area (Å²) in [5.74, 6) is 1.67. The van der Waals surface area contributed by atoms with Crippen molar-refractivity contribution in [1.29, 1.82) is 0 Å². The molecular formula is C10H16BrNO. The SMILES string of the molecule is CNC(CC(C)C)c1ccc(Br)o1. The summed E-state index contributed by atoms with van der Waals surface area (Å²) >= 11 is 3.30. The highest BCUT2D eigenvalue weighted by Crippen LogP contribution is 2.24. The van der Waals surface area contributed by atoms with Crippen LogP contribution < -0.4 is 5.32 Å². The Kier molecular flexibility index (Phi) is 4.00. The zero-order valence-corrected chi connectivity index (χ0v) is 9.89. The first kappa shape index (κ1) is 10.8. The molecule has 1 heterocycles.